The molecule has 0 bridgehead atoms. The van der Waals surface area contributed by atoms with Crippen molar-refractivity contribution in [2.45, 2.75) is 10.7 Å². The van der Waals surface area contributed by atoms with E-state index in [1.54, 1.807) is 42.5 Å². The lowest BCUT2D eigenvalue weighted by atomic mass is 10.2. The van der Waals surface area contributed by atoms with Gasteiger partial charge in [0.05, 0.1) is 21.8 Å². The molecule has 0 aliphatic rings. The molecule has 0 aliphatic carbocycles. The van der Waals surface area contributed by atoms with Gasteiger partial charge in [-0.15, -0.1) is 0 Å². The Morgan fingerprint density at radius 1 is 1.31 bits per heavy atom. The molecule has 0 spiro atoms. The van der Waals surface area contributed by atoms with Gasteiger partial charge in [-0.2, -0.15) is 14.0 Å². The number of anilines is 1. The van der Waals surface area contributed by atoms with Crippen LogP contribution in [-0.4, -0.2) is 23.3 Å². The second-order valence-corrected chi connectivity index (χ2v) is 7.09. The Morgan fingerprint density at radius 3 is 2.77 bits per heavy atom. The number of rotatable bonds is 6. The van der Waals surface area contributed by atoms with Crippen LogP contribution < -0.4 is 10.1 Å². The lowest BCUT2D eigenvalue weighted by Crippen LogP contribution is -2.19. The number of hydrogen-bond acceptors (Lipinski definition) is 6. The third-order valence-corrected chi connectivity index (χ3v) is 4.82. The summed E-state index contributed by atoms with van der Waals surface area (Å²) in [6, 6.07) is 13.2. The number of thioether (sulfide) groups is 1. The van der Waals surface area contributed by atoms with Crippen LogP contribution >= 0.6 is 23.1 Å². The molecule has 1 amide bonds. The van der Waals surface area contributed by atoms with Crippen molar-refractivity contribution in [3.8, 4) is 11.8 Å². The van der Waals surface area contributed by atoms with Gasteiger partial charge < -0.3 is 4.74 Å². The number of alkyl halides is 2. The highest BCUT2D eigenvalue weighted by Gasteiger charge is 2.11. The number of halogens is 2. The molecular formula is C17H11F2N3O2S2. The number of nitriles is 1. The van der Waals surface area contributed by atoms with Crippen LogP contribution in [-0.2, 0) is 4.79 Å². The van der Waals surface area contributed by atoms with E-state index in [-0.39, 0.29) is 6.61 Å². The van der Waals surface area contributed by atoms with E-state index in [1.807, 2.05) is 6.07 Å². The zero-order valence-corrected chi connectivity index (χ0v) is 14.7. The fourth-order valence-electron chi connectivity index (χ4n) is 2.06. The summed E-state index contributed by atoms with van der Waals surface area (Å²) in [6.45, 7) is -0.214. The van der Waals surface area contributed by atoms with Crippen LogP contribution in [0.3, 0.4) is 0 Å². The predicted octanol–water partition coefficient (Wildman–Crippen LogP) is 4.50. The average molecular weight is 391 g/mol. The first kappa shape index (κ1) is 18.1. The van der Waals surface area contributed by atoms with Crippen LogP contribution in [0.15, 0.2) is 47.4 Å². The van der Waals surface area contributed by atoms with Gasteiger partial charge in [0.1, 0.15) is 5.75 Å². The Bertz CT molecular complexity index is 968. The highest BCUT2D eigenvalue weighted by Crippen LogP contribution is 2.32. The van der Waals surface area contributed by atoms with Gasteiger partial charge in [0, 0.05) is 4.90 Å². The normalized spacial score (nSPS) is 10.7. The third kappa shape index (κ3) is 4.68. The summed E-state index contributed by atoms with van der Waals surface area (Å²) in [5.41, 5.74) is 1.12. The first-order chi connectivity index (χ1) is 12.5. The zero-order chi connectivity index (χ0) is 18.5. The fourth-order valence-corrected chi connectivity index (χ4v) is 3.60. The summed E-state index contributed by atoms with van der Waals surface area (Å²) >= 11 is 1.66. The maximum Gasteiger partial charge on any atom is 0.288 e. The maximum absolute atomic E-state index is 12.4. The van der Waals surface area contributed by atoms with Crippen molar-refractivity contribution in [2.75, 3.05) is 11.9 Å². The molecule has 3 aromatic rings. The summed E-state index contributed by atoms with van der Waals surface area (Å²) in [7, 11) is 0. The second kappa shape index (κ2) is 8.12. The number of carbonyl (C=O) groups is 1. The quantitative estimate of drug-likeness (QED) is 0.626. The van der Waals surface area contributed by atoms with Crippen LogP contribution in [0.5, 0.6) is 5.75 Å². The van der Waals surface area contributed by atoms with Crippen LogP contribution in [0.2, 0.25) is 0 Å². The SMILES string of the molecule is N#Cc1ccc(OCC(=O)Nc2nc3ccc(SC(F)F)cc3s2)cc1. The van der Waals surface area contributed by atoms with E-state index in [4.69, 9.17) is 10.00 Å². The predicted molar refractivity (Wildman–Crippen MR) is 96.8 cm³/mol. The second-order valence-electron chi connectivity index (χ2n) is 5.00. The van der Waals surface area contributed by atoms with Gasteiger partial charge >= 0.3 is 0 Å². The summed E-state index contributed by atoms with van der Waals surface area (Å²) < 4.78 is 30.9. The molecule has 1 heterocycles. The Morgan fingerprint density at radius 2 is 2.08 bits per heavy atom. The molecule has 132 valence electrons. The number of aromatic nitrogens is 1. The number of nitrogens with zero attached hydrogens (tertiary/aromatic N) is 2. The molecule has 0 atom stereocenters. The van der Waals surface area contributed by atoms with Crippen molar-refractivity contribution in [3.05, 3.63) is 48.0 Å². The molecule has 0 saturated heterocycles. The molecule has 1 aromatic heterocycles. The van der Waals surface area contributed by atoms with Gasteiger partial charge in [0.25, 0.3) is 11.7 Å². The molecule has 2 aromatic carbocycles. The minimum atomic E-state index is -2.49. The molecule has 26 heavy (non-hydrogen) atoms. The monoisotopic (exact) mass is 391 g/mol. The molecule has 3 rings (SSSR count). The molecule has 0 fully saturated rings. The van der Waals surface area contributed by atoms with E-state index < -0.39 is 11.7 Å². The summed E-state index contributed by atoms with van der Waals surface area (Å²) in [5, 5.41) is 11.7. The third-order valence-electron chi connectivity index (χ3n) is 3.18. The molecular weight excluding hydrogens is 380 g/mol. The zero-order valence-electron chi connectivity index (χ0n) is 13.1. The van der Waals surface area contributed by atoms with Crippen molar-refractivity contribution in [2.24, 2.45) is 0 Å². The van der Waals surface area contributed by atoms with Crippen LogP contribution in [0.4, 0.5) is 13.9 Å². The minimum absolute atomic E-state index is 0.214. The first-order valence-electron chi connectivity index (χ1n) is 7.32. The average Bonchev–Trinajstić information content (AvgIpc) is 3.01. The standard InChI is InChI=1S/C17H11F2N3O2S2/c18-16(19)25-12-5-6-13-14(7-12)26-17(21-13)22-15(23)9-24-11-3-1-10(8-20)2-4-11/h1-7,16H,9H2,(H,21,22,23). The smallest absolute Gasteiger partial charge is 0.288 e. The van der Waals surface area contributed by atoms with Crippen LogP contribution in [0.1, 0.15) is 5.56 Å². The van der Waals surface area contributed by atoms with Crippen molar-refractivity contribution in [3.63, 3.8) is 0 Å². The summed E-state index contributed by atoms with van der Waals surface area (Å²) in [4.78, 5) is 16.7. The number of ether oxygens (including phenoxy) is 1. The van der Waals surface area contributed by atoms with E-state index in [2.05, 4.69) is 10.3 Å². The van der Waals surface area contributed by atoms with Crippen LogP contribution in [0, 0.1) is 11.3 Å². The molecule has 5 nitrogen and oxygen atoms in total. The van der Waals surface area contributed by atoms with Crippen LogP contribution in [0.25, 0.3) is 10.2 Å². The number of thiazole rings is 1. The number of benzene rings is 2. The molecule has 0 saturated carbocycles. The van der Waals surface area contributed by atoms with E-state index in [9.17, 15) is 13.6 Å². The number of nitrogens with one attached hydrogen (secondary N) is 1. The van der Waals surface area contributed by atoms with Crippen molar-refractivity contribution in [1.82, 2.24) is 4.98 Å². The maximum atomic E-state index is 12.4. The summed E-state index contributed by atoms with van der Waals surface area (Å²) in [5.74, 6) is -2.41. The number of amides is 1. The highest BCUT2D eigenvalue weighted by molar-refractivity contribution is 7.99. The van der Waals surface area contributed by atoms with Gasteiger partial charge in [0.15, 0.2) is 11.7 Å². The number of hydrogen-bond donors (Lipinski definition) is 1. The Hall–Kier alpha value is -2.70. The highest BCUT2D eigenvalue weighted by atomic mass is 32.2. The Labute approximate surface area is 155 Å². The molecule has 9 heteroatoms. The first-order valence-corrected chi connectivity index (χ1v) is 9.01. The van der Waals surface area contributed by atoms with E-state index in [0.717, 1.165) is 0 Å². The Balaban J connectivity index is 1.60. The topological polar surface area (TPSA) is 75.0 Å². The van der Waals surface area contributed by atoms with Gasteiger partial charge in [0.2, 0.25) is 0 Å². The molecule has 0 radical (unpaired) electrons. The summed E-state index contributed by atoms with van der Waals surface area (Å²) in [6.07, 6.45) is 0. The Kier molecular flexibility index (Phi) is 5.65. The number of carbonyl (C=O) groups excluding carboxylic acids is 1. The minimum Gasteiger partial charge on any atom is -0.484 e. The van der Waals surface area contributed by atoms with E-state index in [1.165, 1.54) is 11.3 Å². The lowest BCUT2D eigenvalue weighted by Gasteiger charge is -2.05. The van der Waals surface area contributed by atoms with Gasteiger partial charge in [-0.05, 0) is 42.5 Å². The largest absolute Gasteiger partial charge is 0.484 e. The molecule has 0 unspecified atom stereocenters. The van der Waals surface area contributed by atoms with Crippen molar-refractivity contribution in [1.29, 1.82) is 5.26 Å². The van der Waals surface area contributed by atoms with E-state index in [0.29, 0.717) is 43.3 Å². The van der Waals surface area contributed by atoms with Gasteiger partial charge in [-0.3, -0.25) is 10.1 Å². The lowest BCUT2D eigenvalue weighted by molar-refractivity contribution is -0.118. The van der Waals surface area contributed by atoms with E-state index >= 15 is 0 Å². The van der Waals surface area contributed by atoms with Crippen molar-refractivity contribution >= 4 is 44.4 Å². The molecule has 0 aliphatic heterocycles. The number of fused-ring (bicyclic) bond motifs is 1. The fraction of sp³-hybridized carbons (Fsp3) is 0.118. The van der Waals surface area contributed by atoms with Crippen molar-refractivity contribution < 1.29 is 18.3 Å². The van der Waals surface area contributed by atoms with Gasteiger partial charge in [-0.25, -0.2) is 4.98 Å². The van der Waals surface area contributed by atoms with Gasteiger partial charge in [-0.1, -0.05) is 23.1 Å². The molecule has 1 N–H and O–H groups in total.